The number of nitrogens with one attached hydrogen (secondary N) is 1. The zero-order chi connectivity index (χ0) is 12.9. The van der Waals surface area contributed by atoms with Gasteiger partial charge in [-0.3, -0.25) is 4.79 Å². The third kappa shape index (κ3) is 4.63. The summed E-state index contributed by atoms with van der Waals surface area (Å²) in [5.41, 5.74) is 0. The summed E-state index contributed by atoms with van der Waals surface area (Å²) < 4.78 is 22.6. The van der Waals surface area contributed by atoms with E-state index >= 15 is 0 Å². The highest BCUT2D eigenvalue weighted by Crippen LogP contribution is 2.16. The van der Waals surface area contributed by atoms with Crippen molar-refractivity contribution in [1.29, 1.82) is 0 Å². The van der Waals surface area contributed by atoms with E-state index < -0.39 is 9.84 Å². The van der Waals surface area contributed by atoms with Crippen LogP contribution in [0.5, 0.6) is 0 Å². The molecule has 17 heavy (non-hydrogen) atoms. The van der Waals surface area contributed by atoms with Crippen LogP contribution >= 0.6 is 0 Å². The average Bonchev–Trinajstić information content (AvgIpc) is 2.64. The number of nitrogens with zero attached hydrogens (tertiary/aromatic N) is 1. The minimum absolute atomic E-state index is 0.0248. The maximum atomic E-state index is 11.8. The molecule has 1 aliphatic heterocycles. The molecule has 1 aliphatic rings. The minimum atomic E-state index is -2.92. The van der Waals surface area contributed by atoms with Gasteiger partial charge in [-0.25, -0.2) is 8.42 Å². The van der Waals surface area contributed by atoms with Crippen molar-refractivity contribution in [2.24, 2.45) is 0 Å². The highest BCUT2D eigenvalue weighted by Gasteiger charge is 2.32. The molecule has 6 heteroatoms. The Morgan fingerprint density at radius 1 is 1.47 bits per heavy atom. The average molecular weight is 262 g/mol. The molecule has 1 unspecified atom stereocenters. The molecule has 0 aromatic rings. The molecule has 1 rings (SSSR count). The molecule has 1 atom stereocenters. The van der Waals surface area contributed by atoms with E-state index in [0.717, 1.165) is 19.4 Å². The third-order valence-corrected chi connectivity index (χ3v) is 4.88. The Bertz CT molecular complexity index is 354. The summed E-state index contributed by atoms with van der Waals surface area (Å²) in [5, 5.41) is 3.07. The van der Waals surface area contributed by atoms with E-state index in [0.29, 0.717) is 13.0 Å². The topological polar surface area (TPSA) is 66.5 Å². The van der Waals surface area contributed by atoms with Crippen LogP contribution in [0.2, 0.25) is 0 Å². The molecule has 0 aliphatic carbocycles. The van der Waals surface area contributed by atoms with Crippen LogP contribution < -0.4 is 5.32 Å². The van der Waals surface area contributed by atoms with Gasteiger partial charge in [0.1, 0.15) is 0 Å². The van der Waals surface area contributed by atoms with Gasteiger partial charge in [-0.2, -0.15) is 0 Å². The molecular weight excluding hydrogens is 240 g/mol. The van der Waals surface area contributed by atoms with Crippen LogP contribution in [-0.4, -0.2) is 56.9 Å². The summed E-state index contributed by atoms with van der Waals surface area (Å²) >= 11 is 0. The molecular formula is C11H22N2O3S. The third-order valence-electron chi connectivity index (χ3n) is 3.13. The molecule has 1 fully saturated rings. The molecule has 1 N–H and O–H groups in total. The molecule has 5 nitrogen and oxygen atoms in total. The number of sulfone groups is 1. The van der Waals surface area contributed by atoms with Crippen LogP contribution in [0.1, 0.15) is 26.2 Å². The molecule has 0 bridgehead atoms. The Balaban J connectivity index is 2.32. The van der Waals surface area contributed by atoms with Crippen LogP contribution in [0, 0.1) is 0 Å². The predicted molar refractivity (Wildman–Crippen MR) is 67.6 cm³/mol. The summed E-state index contributed by atoms with van der Waals surface area (Å²) in [4.78, 5) is 13.3. The van der Waals surface area contributed by atoms with Gasteiger partial charge in [-0.1, -0.05) is 13.3 Å². The van der Waals surface area contributed by atoms with Crippen molar-refractivity contribution >= 4 is 15.7 Å². The molecule has 0 aromatic heterocycles. The quantitative estimate of drug-likeness (QED) is 0.685. The number of amides is 1. The largest absolute Gasteiger partial charge is 0.341 e. The SMILES string of the molecule is CCCCNCC(=O)N(C)C1CCS(=O)(=O)C1. The van der Waals surface area contributed by atoms with Crippen LogP contribution in [0.3, 0.4) is 0 Å². The van der Waals surface area contributed by atoms with Crippen molar-refractivity contribution in [3.05, 3.63) is 0 Å². The van der Waals surface area contributed by atoms with Crippen molar-refractivity contribution < 1.29 is 13.2 Å². The molecule has 1 saturated heterocycles. The van der Waals surface area contributed by atoms with Gasteiger partial charge in [0, 0.05) is 13.1 Å². The zero-order valence-electron chi connectivity index (χ0n) is 10.6. The van der Waals surface area contributed by atoms with E-state index in [-0.39, 0.29) is 23.5 Å². The van der Waals surface area contributed by atoms with Crippen molar-refractivity contribution in [1.82, 2.24) is 10.2 Å². The Morgan fingerprint density at radius 3 is 2.71 bits per heavy atom. The van der Waals surface area contributed by atoms with Crippen LogP contribution in [0.4, 0.5) is 0 Å². The number of likely N-dealkylation sites (N-methyl/N-ethyl adjacent to an activating group) is 1. The fourth-order valence-electron chi connectivity index (χ4n) is 1.91. The molecule has 0 radical (unpaired) electrons. The van der Waals surface area contributed by atoms with Crippen molar-refractivity contribution in [3.8, 4) is 0 Å². The Hall–Kier alpha value is -0.620. The number of carbonyl (C=O) groups is 1. The van der Waals surface area contributed by atoms with Crippen molar-refractivity contribution in [2.45, 2.75) is 32.2 Å². The Kier molecular flexibility index (Phi) is 5.39. The highest BCUT2D eigenvalue weighted by molar-refractivity contribution is 7.91. The zero-order valence-corrected chi connectivity index (χ0v) is 11.4. The number of hydrogen-bond acceptors (Lipinski definition) is 4. The smallest absolute Gasteiger partial charge is 0.236 e. The van der Waals surface area contributed by atoms with E-state index in [4.69, 9.17) is 0 Å². The lowest BCUT2D eigenvalue weighted by Crippen LogP contribution is -2.42. The van der Waals surface area contributed by atoms with Gasteiger partial charge in [0.25, 0.3) is 0 Å². The van der Waals surface area contributed by atoms with Gasteiger partial charge in [-0.05, 0) is 19.4 Å². The van der Waals surface area contributed by atoms with E-state index in [1.807, 2.05) is 0 Å². The second kappa shape index (κ2) is 6.35. The summed E-state index contributed by atoms with van der Waals surface area (Å²) in [6, 6.07) is -0.138. The minimum Gasteiger partial charge on any atom is -0.341 e. The monoisotopic (exact) mass is 262 g/mol. The van der Waals surface area contributed by atoms with E-state index in [1.165, 1.54) is 0 Å². The Morgan fingerprint density at radius 2 is 2.18 bits per heavy atom. The van der Waals surface area contributed by atoms with Gasteiger partial charge in [0.2, 0.25) is 5.91 Å². The number of rotatable bonds is 6. The first-order chi connectivity index (χ1) is 7.96. The number of unbranched alkanes of at least 4 members (excludes halogenated alkanes) is 1. The molecule has 100 valence electrons. The van der Waals surface area contributed by atoms with E-state index in [1.54, 1.807) is 11.9 Å². The van der Waals surface area contributed by atoms with Crippen molar-refractivity contribution in [3.63, 3.8) is 0 Å². The van der Waals surface area contributed by atoms with E-state index in [2.05, 4.69) is 12.2 Å². The second-order valence-electron chi connectivity index (χ2n) is 4.59. The number of hydrogen-bond donors (Lipinski definition) is 1. The standard InChI is InChI=1S/C11H22N2O3S/c1-3-4-6-12-8-11(14)13(2)10-5-7-17(15,16)9-10/h10,12H,3-9H2,1-2H3. The van der Waals surface area contributed by atoms with Crippen molar-refractivity contribution in [2.75, 3.05) is 31.6 Å². The lowest BCUT2D eigenvalue weighted by molar-refractivity contribution is -0.130. The summed E-state index contributed by atoms with van der Waals surface area (Å²) in [7, 11) is -1.23. The fourth-order valence-corrected chi connectivity index (χ4v) is 3.68. The van der Waals surface area contributed by atoms with Gasteiger partial charge in [0.15, 0.2) is 9.84 Å². The second-order valence-corrected chi connectivity index (χ2v) is 6.82. The first-order valence-electron chi connectivity index (χ1n) is 6.13. The summed E-state index contributed by atoms with van der Waals surface area (Å²) in [6.07, 6.45) is 2.71. The molecule has 1 heterocycles. The van der Waals surface area contributed by atoms with Gasteiger partial charge < -0.3 is 10.2 Å². The maximum absolute atomic E-state index is 11.8. The lowest BCUT2D eigenvalue weighted by Gasteiger charge is -2.23. The molecule has 1 amide bonds. The van der Waals surface area contributed by atoms with Gasteiger partial charge >= 0.3 is 0 Å². The molecule has 0 saturated carbocycles. The number of carbonyl (C=O) groups excluding carboxylic acids is 1. The fraction of sp³-hybridized carbons (Fsp3) is 0.909. The molecule has 0 spiro atoms. The Labute approximate surface area is 103 Å². The van der Waals surface area contributed by atoms with Crippen LogP contribution in [0.15, 0.2) is 0 Å². The first kappa shape index (κ1) is 14.4. The highest BCUT2D eigenvalue weighted by atomic mass is 32.2. The van der Waals surface area contributed by atoms with Gasteiger partial charge in [-0.15, -0.1) is 0 Å². The van der Waals surface area contributed by atoms with Crippen LogP contribution in [0.25, 0.3) is 0 Å². The predicted octanol–water partition coefficient (Wildman–Crippen LogP) is 0.0216. The summed E-state index contributed by atoms with van der Waals surface area (Å²) in [6.45, 7) is 3.23. The normalized spacial score (nSPS) is 22.6. The van der Waals surface area contributed by atoms with Crippen LogP contribution in [-0.2, 0) is 14.6 Å². The van der Waals surface area contributed by atoms with E-state index in [9.17, 15) is 13.2 Å². The first-order valence-corrected chi connectivity index (χ1v) is 7.95. The molecule has 0 aromatic carbocycles. The maximum Gasteiger partial charge on any atom is 0.236 e. The van der Waals surface area contributed by atoms with Gasteiger partial charge in [0.05, 0.1) is 18.1 Å². The summed E-state index contributed by atoms with van der Waals surface area (Å²) in [5.74, 6) is 0.297. The lowest BCUT2D eigenvalue weighted by atomic mass is 10.2.